The van der Waals surface area contributed by atoms with Crippen molar-refractivity contribution in [3.8, 4) is 11.1 Å². The van der Waals surface area contributed by atoms with Gasteiger partial charge < -0.3 is 19.8 Å². The zero-order valence-electron chi connectivity index (χ0n) is 26.0. The third-order valence-electron chi connectivity index (χ3n) is 6.88. The highest BCUT2D eigenvalue weighted by atomic mass is 32.2. The number of aromatic amines is 1. The first-order valence-electron chi connectivity index (χ1n) is 14.6. The van der Waals surface area contributed by atoms with Crippen LogP contribution in [0.2, 0.25) is 0 Å². The monoisotopic (exact) mass is 653 g/mol. The summed E-state index contributed by atoms with van der Waals surface area (Å²) >= 11 is 0. The first-order valence-corrected chi connectivity index (χ1v) is 16.7. The van der Waals surface area contributed by atoms with E-state index in [9.17, 15) is 26.8 Å². The van der Waals surface area contributed by atoms with E-state index >= 15 is 0 Å². The van der Waals surface area contributed by atoms with Gasteiger partial charge in [0.15, 0.2) is 0 Å². The zero-order valence-corrected chi connectivity index (χ0v) is 26.9. The number of rotatable bonds is 13. The van der Waals surface area contributed by atoms with Gasteiger partial charge >= 0.3 is 5.97 Å². The molecule has 2 atom stereocenters. The third-order valence-corrected chi connectivity index (χ3v) is 7.86. The van der Waals surface area contributed by atoms with E-state index in [-0.39, 0.29) is 30.2 Å². The van der Waals surface area contributed by atoms with Gasteiger partial charge in [0.05, 0.1) is 18.5 Å². The van der Waals surface area contributed by atoms with Crippen molar-refractivity contribution in [3.63, 3.8) is 0 Å². The number of nitrogens with zero attached hydrogens (tertiary/aromatic N) is 1. The molecule has 2 N–H and O–H groups in total. The topological polar surface area (TPSA) is 127 Å². The highest BCUT2D eigenvalue weighted by molar-refractivity contribution is 7.90. The summed E-state index contributed by atoms with van der Waals surface area (Å²) in [6.07, 6.45) is 4.10. The number of carbonyl (C=O) groups excluding carboxylic acids is 2. The molecule has 1 aromatic heterocycles. The molecule has 4 rings (SSSR count). The largest absolute Gasteiger partial charge is 0.458 e. The predicted octanol–water partition coefficient (Wildman–Crippen LogP) is 5.73. The summed E-state index contributed by atoms with van der Waals surface area (Å²) in [6, 6.07) is 15.3. The lowest BCUT2D eigenvalue weighted by Crippen LogP contribution is -2.45. The van der Waals surface area contributed by atoms with Crippen LogP contribution in [0.1, 0.15) is 60.6 Å². The van der Waals surface area contributed by atoms with Gasteiger partial charge in [0, 0.05) is 30.6 Å². The van der Waals surface area contributed by atoms with E-state index in [0.717, 1.165) is 11.8 Å². The molecule has 46 heavy (non-hydrogen) atoms. The number of halogens is 2. The molecule has 0 spiro atoms. The lowest BCUT2D eigenvalue weighted by atomic mass is 9.96. The van der Waals surface area contributed by atoms with Crippen molar-refractivity contribution in [2.45, 2.75) is 58.0 Å². The molecule has 4 aromatic rings. The number of sulfone groups is 1. The van der Waals surface area contributed by atoms with Crippen molar-refractivity contribution in [1.29, 1.82) is 0 Å². The molecular weight excluding hydrogens is 616 g/mol. The Morgan fingerprint density at radius 2 is 1.63 bits per heavy atom. The summed E-state index contributed by atoms with van der Waals surface area (Å²) < 4.78 is 63.0. The maximum Gasteiger partial charge on any atom is 0.329 e. The normalized spacial score (nSPS) is 13.2. The molecule has 9 nitrogen and oxygen atoms in total. The number of amides is 1. The summed E-state index contributed by atoms with van der Waals surface area (Å²) in [4.78, 5) is 34.0. The first kappa shape index (κ1) is 34.5. The second-order valence-corrected chi connectivity index (χ2v) is 14.2. The number of esters is 1. The van der Waals surface area contributed by atoms with Crippen molar-refractivity contribution in [1.82, 2.24) is 15.3 Å². The number of H-pyrrole nitrogens is 1. The van der Waals surface area contributed by atoms with Crippen LogP contribution in [0.15, 0.2) is 79.1 Å². The van der Waals surface area contributed by atoms with Crippen LogP contribution in [0.25, 0.3) is 11.1 Å². The Hall–Kier alpha value is -4.42. The second kappa shape index (κ2) is 14.8. The van der Waals surface area contributed by atoms with E-state index in [1.165, 1.54) is 36.4 Å². The van der Waals surface area contributed by atoms with Crippen LogP contribution in [0.4, 0.5) is 8.78 Å². The molecule has 0 aliphatic heterocycles. The number of hydrogen-bond acceptors (Lipinski definition) is 7. The fraction of sp³-hybridized carbons (Fsp3) is 0.324. The van der Waals surface area contributed by atoms with Crippen LogP contribution in [0.3, 0.4) is 0 Å². The molecule has 0 saturated heterocycles. The van der Waals surface area contributed by atoms with Gasteiger partial charge in [-0.25, -0.2) is 27.0 Å². The van der Waals surface area contributed by atoms with Gasteiger partial charge in [0.2, 0.25) is 0 Å². The van der Waals surface area contributed by atoms with E-state index in [2.05, 4.69) is 15.3 Å². The smallest absolute Gasteiger partial charge is 0.329 e. The van der Waals surface area contributed by atoms with Gasteiger partial charge in [-0.05, 0) is 85.8 Å². The van der Waals surface area contributed by atoms with E-state index in [0.29, 0.717) is 28.9 Å². The van der Waals surface area contributed by atoms with Crippen LogP contribution in [-0.4, -0.2) is 53.9 Å². The van der Waals surface area contributed by atoms with Gasteiger partial charge in [-0.2, -0.15) is 0 Å². The molecule has 0 saturated carbocycles. The quantitative estimate of drug-likeness (QED) is 0.177. The minimum atomic E-state index is -3.44. The molecule has 1 unspecified atom stereocenters. The molecule has 3 aromatic carbocycles. The van der Waals surface area contributed by atoms with E-state index in [1.807, 2.05) is 0 Å². The van der Waals surface area contributed by atoms with Crippen LogP contribution in [-0.2, 0) is 37.1 Å². The molecule has 0 aliphatic carbocycles. The third kappa shape index (κ3) is 10.3. The lowest BCUT2D eigenvalue weighted by molar-refractivity contribution is -0.157. The Morgan fingerprint density at radius 1 is 0.978 bits per heavy atom. The van der Waals surface area contributed by atoms with Gasteiger partial charge in [-0.1, -0.05) is 30.3 Å². The van der Waals surface area contributed by atoms with E-state index in [4.69, 9.17) is 9.47 Å². The highest BCUT2D eigenvalue weighted by Gasteiger charge is 2.29. The van der Waals surface area contributed by atoms with E-state index < -0.39 is 45.3 Å². The summed E-state index contributed by atoms with van der Waals surface area (Å²) in [6.45, 7) is 5.11. The Labute approximate surface area is 267 Å². The van der Waals surface area contributed by atoms with Crippen molar-refractivity contribution in [2.75, 3.05) is 12.0 Å². The minimum Gasteiger partial charge on any atom is -0.458 e. The number of nitrogens with one attached hydrogen (secondary N) is 2. The molecule has 12 heteroatoms. The molecule has 244 valence electrons. The number of ether oxygens (including phenoxy) is 2. The maximum absolute atomic E-state index is 13.8. The van der Waals surface area contributed by atoms with Crippen molar-refractivity contribution in [3.05, 3.63) is 113 Å². The summed E-state index contributed by atoms with van der Waals surface area (Å²) in [5, 5.41) is 2.65. The zero-order chi connectivity index (χ0) is 33.5. The standard InChI is InChI=1S/C34H37F2N3O6S/c1-34(2,3)45-33(41)29(15-18-46(4,42)43)39-32(40)27-14-5-22(19-28(27)23-6-10-25(35)11-7-23)21-44-30(20-31-37-16-17-38-31)24-8-12-26(36)13-9-24/h5-14,16-17,19,29-30H,15,18,20-21H2,1-4H3,(H,37,38)(H,39,40)/t29-,30?/m0/s1. The van der Waals surface area contributed by atoms with Crippen LogP contribution in [0.5, 0.6) is 0 Å². The number of benzene rings is 3. The van der Waals surface area contributed by atoms with Crippen LogP contribution >= 0.6 is 0 Å². The van der Waals surface area contributed by atoms with Crippen molar-refractivity contribution >= 4 is 21.7 Å². The Balaban J connectivity index is 1.63. The number of carbonyl (C=O) groups is 2. The molecular formula is C34H37F2N3O6S. The molecule has 1 heterocycles. The number of hydrogen-bond donors (Lipinski definition) is 2. The Kier molecular flexibility index (Phi) is 11.1. The molecule has 0 fully saturated rings. The second-order valence-electron chi connectivity index (χ2n) is 12.0. The number of imidazole rings is 1. The fourth-order valence-corrected chi connectivity index (χ4v) is 5.33. The average Bonchev–Trinajstić information content (AvgIpc) is 3.50. The summed E-state index contributed by atoms with van der Waals surface area (Å²) in [7, 11) is -3.44. The predicted molar refractivity (Wildman–Crippen MR) is 169 cm³/mol. The molecule has 0 bridgehead atoms. The number of aromatic nitrogens is 2. The van der Waals surface area contributed by atoms with Gasteiger partial charge in [0.25, 0.3) is 5.91 Å². The first-order chi connectivity index (χ1) is 21.7. The average molecular weight is 654 g/mol. The van der Waals surface area contributed by atoms with E-state index in [1.54, 1.807) is 63.5 Å². The maximum atomic E-state index is 13.8. The minimum absolute atomic E-state index is 0.105. The summed E-state index contributed by atoms with van der Waals surface area (Å²) in [5.74, 6) is -1.89. The van der Waals surface area contributed by atoms with Gasteiger partial charge in [-0.15, -0.1) is 0 Å². The SMILES string of the molecule is CC(C)(C)OC(=O)[C@H](CCS(C)(=O)=O)NC(=O)c1ccc(COC(Cc2ncc[nH]2)c2ccc(F)cc2)cc1-c1ccc(F)cc1. The Bertz CT molecular complexity index is 1740. The van der Waals surface area contributed by atoms with Crippen molar-refractivity contribution < 1.29 is 36.3 Å². The Morgan fingerprint density at radius 3 is 2.22 bits per heavy atom. The molecule has 1 amide bonds. The van der Waals surface area contributed by atoms with Crippen LogP contribution in [0, 0.1) is 11.6 Å². The lowest BCUT2D eigenvalue weighted by Gasteiger charge is -2.25. The fourth-order valence-electron chi connectivity index (χ4n) is 4.67. The molecule has 0 aliphatic rings. The molecule has 0 radical (unpaired) electrons. The summed E-state index contributed by atoms with van der Waals surface area (Å²) in [5.41, 5.74) is 1.71. The van der Waals surface area contributed by atoms with Crippen LogP contribution < -0.4 is 5.32 Å². The van der Waals surface area contributed by atoms with Gasteiger partial charge in [-0.3, -0.25) is 4.79 Å². The highest BCUT2D eigenvalue weighted by Crippen LogP contribution is 2.28. The van der Waals surface area contributed by atoms with Crippen molar-refractivity contribution in [2.24, 2.45) is 0 Å². The van der Waals surface area contributed by atoms with Gasteiger partial charge in [0.1, 0.15) is 38.9 Å².